The second-order valence-corrected chi connectivity index (χ2v) is 9.79. The number of rotatable bonds is 6. The summed E-state index contributed by atoms with van der Waals surface area (Å²) in [5.74, 6) is -0.872. The number of aromatic nitrogens is 1. The summed E-state index contributed by atoms with van der Waals surface area (Å²) in [7, 11) is -3.88. The fourth-order valence-corrected chi connectivity index (χ4v) is 5.10. The number of halogens is 1. The molecule has 0 radical (unpaired) electrons. The molecule has 9 nitrogen and oxygen atoms in total. The Balaban J connectivity index is 1.46. The zero-order valence-electron chi connectivity index (χ0n) is 17.6. The summed E-state index contributed by atoms with van der Waals surface area (Å²) in [6.07, 6.45) is 0.595. The number of sulfonamides is 1. The van der Waals surface area contributed by atoms with Crippen LogP contribution in [0.3, 0.4) is 0 Å². The molecule has 1 amide bonds. The van der Waals surface area contributed by atoms with E-state index in [0.717, 1.165) is 11.1 Å². The molecule has 0 fully saturated rings. The van der Waals surface area contributed by atoms with Gasteiger partial charge in [-0.15, -0.1) is 0 Å². The highest BCUT2D eigenvalue weighted by Crippen LogP contribution is 2.27. The van der Waals surface area contributed by atoms with Crippen molar-refractivity contribution in [3.05, 3.63) is 76.0 Å². The molecular weight excluding hydrogens is 470 g/mol. The van der Waals surface area contributed by atoms with E-state index in [2.05, 4.69) is 10.5 Å². The summed E-state index contributed by atoms with van der Waals surface area (Å²) in [5.41, 5.74) is 1.90. The van der Waals surface area contributed by atoms with E-state index in [0.29, 0.717) is 18.7 Å². The normalized spacial score (nSPS) is 13.9. The third kappa shape index (κ3) is 5.08. The lowest BCUT2D eigenvalue weighted by atomic mass is 10.0. The molecule has 0 bridgehead atoms. The lowest BCUT2D eigenvalue weighted by Crippen LogP contribution is -2.36. The van der Waals surface area contributed by atoms with Gasteiger partial charge < -0.3 is 14.6 Å². The molecule has 0 saturated carbocycles. The average Bonchev–Trinajstić information content (AvgIpc) is 3.21. The van der Waals surface area contributed by atoms with Crippen LogP contribution in [0, 0.1) is 6.92 Å². The van der Waals surface area contributed by atoms with Gasteiger partial charge in [0.25, 0.3) is 5.91 Å². The first-order valence-corrected chi connectivity index (χ1v) is 11.8. The highest BCUT2D eigenvalue weighted by Gasteiger charge is 2.29. The van der Waals surface area contributed by atoms with Crippen molar-refractivity contribution in [2.24, 2.45) is 0 Å². The van der Waals surface area contributed by atoms with E-state index < -0.39 is 28.5 Å². The summed E-state index contributed by atoms with van der Waals surface area (Å²) in [4.78, 5) is 24.4. The molecule has 0 saturated heterocycles. The molecular formula is C22H20ClN3O6S. The largest absolute Gasteiger partial charge is 0.452 e. The third-order valence-electron chi connectivity index (χ3n) is 5.12. The molecule has 1 N–H and O–H groups in total. The Labute approximate surface area is 195 Å². The van der Waals surface area contributed by atoms with Gasteiger partial charge in [-0.1, -0.05) is 41.0 Å². The number of carbonyl (C=O) groups is 2. The Kier molecular flexibility index (Phi) is 6.50. The predicted molar refractivity (Wildman–Crippen MR) is 119 cm³/mol. The molecule has 2 heterocycles. The maximum absolute atomic E-state index is 13.2. The van der Waals surface area contributed by atoms with Gasteiger partial charge in [0.2, 0.25) is 10.0 Å². The molecule has 0 unspecified atom stereocenters. The van der Waals surface area contributed by atoms with E-state index in [1.54, 1.807) is 6.92 Å². The Morgan fingerprint density at radius 3 is 2.67 bits per heavy atom. The molecule has 1 aromatic heterocycles. The Morgan fingerprint density at radius 1 is 1.18 bits per heavy atom. The second-order valence-electron chi connectivity index (χ2n) is 7.45. The van der Waals surface area contributed by atoms with Gasteiger partial charge in [-0.3, -0.25) is 4.79 Å². The predicted octanol–water partition coefficient (Wildman–Crippen LogP) is 3.18. The number of hydrogen-bond donors (Lipinski definition) is 1. The lowest BCUT2D eigenvalue weighted by Gasteiger charge is -2.28. The van der Waals surface area contributed by atoms with Crippen LogP contribution < -0.4 is 5.32 Å². The number of aryl methyl sites for hydroxylation is 1. The zero-order chi connectivity index (χ0) is 23.6. The van der Waals surface area contributed by atoms with Gasteiger partial charge in [0.1, 0.15) is 5.76 Å². The fraction of sp³-hybridized carbons (Fsp3) is 0.227. The zero-order valence-corrected chi connectivity index (χ0v) is 19.1. The van der Waals surface area contributed by atoms with E-state index in [-0.39, 0.29) is 27.8 Å². The number of anilines is 1. The molecule has 172 valence electrons. The van der Waals surface area contributed by atoms with Crippen LogP contribution in [0.4, 0.5) is 5.82 Å². The van der Waals surface area contributed by atoms with Crippen LogP contribution in [-0.2, 0) is 32.5 Å². The number of fused-ring (bicyclic) bond motifs is 1. The minimum atomic E-state index is -3.88. The van der Waals surface area contributed by atoms with Crippen LogP contribution in [0.1, 0.15) is 27.2 Å². The van der Waals surface area contributed by atoms with Crippen molar-refractivity contribution in [1.29, 1.82) is 0 Å². The molecule has 0 aliphatic carbocycles. The second kappa shape index (κ2) is 9.34. The van der Waals surface area contributed by atoms with E-state index in [1.165, 1.54) is 28.6 Å². The number of carbonyl (C=O) groups excluding carboxylic acids is 2. The van der Waals surface area contributed by atoms with Crippen LogP contribution in [0.25, 0.3) is 0 Å². The molecule has 33 heavy (non-hydrogen) atoms. The van der Waals surface area contributed by atoms with Gasteiger partial charge in [0.15, 0.2) is 12.4 Å². The van der Waals surface area contributed by atoms with Crippen molar-refractivity contribution in [3.63, 3.8) is 0 Å². The third-order valence-corrected chi connectivity index (χ3v) is 7.29. The van der Waals surface area contributed by atoms with Gasteiger partial charge in [0.05, 0.1) is 15.5 Å². The van der Waals surface area contributed by atoms with Crippen molar-refractivity contribution in [3.8, 4) is 0 Å². The highest BCUT2D eigenvalue weighted by molar-refractivity contribution is 7.89. The van der Waals surface area contributed by atoms with Crippen molar-refractivity contribution < 1.29 is 27.3 Å². The average molecular weight is 490 g/mol. The molecule has 11 heteroatoms. The van der Waals surface area contributed by atoms with Gasteiger partial charge in [0, 0.05) is 19.2 Å². The van der Waals surface area contributed by atoms with Gasteiger partial charge in [-0.05, 0) is 42.7 Å². The summed E-state index contributed by atoms with van der Waals surface area (Å²) < 4.78 is 37.6. The van der Waals surface area contributed by atoms with Gasteiger partial charge >= 0.3 is 5.97 Å². The molecule has 3 aromatic rings. The summed E-state index contributed by atoms with van der Waals surface area (Å²) in [5, 5.41) is 6.04. The SMILES string of the molecule is Cc1cc(NC(=O)COC(=O)c2cc(S(=O)(=O)N3CCc4ccccc4C3)ccc2Cl)no1. The van der Waals surface area contributed by atoms with E-state index in [4.69, 9.17) is 20.9 Å². The maximum atomic E-state index is 13.2. The molecule has 0 spiro atoms. The van der Waals surface area contributed by atoms with Crippen molar-refractivity contribution in [2.45, 2.75) is 24.8 Å². The topological polar surface area (TPSA) is 119 Å². The summed E-state index contributed by atoms with van der Waals surface area (Å²) in [6, 6.07) is 13.0. The first-order chi connectivity index (χ1) is 15.7. The van der Waals surface area contributed by atoms with Crippen LogP contribution in [0.15, 0.2) is 57.9 Å². The first-order valence-electron chi connectivity index (χ1n) is 10.0. The maximum Gasteiger partial charge on any atom is 0.340 e. The molecule has 1 aliphatic rings. The number of esters is 1. The quantitative estimate of drug-likeness (QED) is 0.528. The number of benzene rings is 2. The van der Waals surface area contributed by atoms with E-state index >= 15 is 0 Å². The van der Waals surface area contributed by atoms with Crippen LogP contribution in [-0.4, -0.2) is 42.9 Å². The van der Waals surface area contributed by atoms with Crippen LogP contribution >= 0.6 is 11.6 Å². The summed E-state index contributed by atoms with van der Waals surface area (Å²) >= 11 is 6.11. The lowest BCUT2D eigenvalue weighted by molar-refractivity contribution is -0.119. The van der Waals surface area contributed by atoms with Crippen molar-refractivity contribution in [1.82, 2.24) is 9.46 Å². The van der Waals surface area contributed by atoms with Crippen molar-refractivity contribution >= 4 is 39.3 Å². The molecule has 4 rings (SSSR count). The standard InChI is InChI=1S/C22H20ClN3O6S/c1-14-10-20(25-32-14)24-21(27)13-31-22(28)18-11-17(6-7-19(18)23)33(29,30)26-9-8-15-4-2-3-5-16(15)12-26/h2-7,10-11H,8-9,12-13H2,1H3,(H,24,25,27). The summed E-state index contributed by atoms with van der Waals surface area (Å²) in [6.45, 7) is 1.61. The van der Waals surface area contributed by atoms with E-state index in [1.807, 2.05) is 24.3 Å². The van der Waals surface area contributed by atoms with Gasteiger partial charge in [-0.2, -0.15) is 4.31 Å². The first kappa shape index (κ1) is 23.0. The number of hydrogen-bond acceptors (Lipinski definition) is 7. The Morgan fingerprint density at radius 2 is 1.94 bits per heavy atom. The molecule has 1 aliphatic heterocycles. The molecule has 0 atom stereocenters. The number of nitrogens with one attached hydrogen (secondary N) is 1. The van der Waals surface area contributed by atoms with Crippen LogP contribution in [0.2, 0.25) is 5.02 Å². The van der Waals surface area contributed by atoms with Gasteiger partial charge in [-0.25, -0.2) is 13.2 Å². The highest BCUT2D eigenvalue weighted by atomic mass is 35.5. The molecule has 2 aromatic carbocycles. The monoisotopic (exact) mass is 489 g/mol. The number of amides is 1. The number of nitrogens with zero attached hydrogens (tertiary/aromatic N) is 2. The smallest absolute Gasteiger partial charge is 0.340 e. The minimum Gasteiger partial charge on any atom is -0.452 e. The van der Waals surface area contributed by atoms with Crippen molar-refractivity contribution in [2.75, 3.05) is 18.5 Å². The van der Waals surface area contributed by atoms with E-state index in [9.17, 15) is 18.0 Å². The number of ether oxygens (including phenoxy) is 1. The Bertz CT molecular complexity index is 1320. The van der Waals surface area contributed by atoms with Crippen LogP contribution in [0.5, 0.6) is 0 Å². The minimum absolute atomic E-state index is 0.00970. The fourth-order valence-electron chi connectivity index (χ4n) is 3.46. The Hall–Kier alpha value is -3.21.